The molecule has 0 saturated heterocycles. The molecule has 0 saturated carbocycles. The second-order valence-electron chi connectivity index (χ2n) is 19.0. The van der Waals surface area contributed by atoms with Crippen molar-refractivity contribution in [2.24, 2.45) is 0 Å². The monoisotopic (exact) mass is 1040 g/mol. The number of aliphatic hydroxyl groups is 1. The fourth-order valence-electron chi connectivity index (χ4n) is 7.47. The average molecular weight is 1040 g/mol. The summed E-state index contributed by atoms with van der Waals surface area (Å²) < 4.78 is 10.7. The third-order valence-electron chi connectivity index (χ3n) is 11.9. The normalized spacial score (nSPS) is 13.7. The zero-order valence-electron chi connectivity index (χ0n) is 48.2. The highest BCUT2D eigenvalue weighted by Crippen LogP contribution is 2.13. The Labute approximate surface area is 467 Å². The van der Waals surface area contributed by atoms with E-state index in [4.69, 9.17) is 9.47 Å². The predicted octanol–water partition coefficient (Wildman–Crippen LogP) is 20.9. The molecule has 0 aliphatic heterocycles. The Hall–Kier alpha value is -5.26. The van der Waals surface area contributed by atoms with Crippen LogP contribution in [0.25, 0.3) is 0 Å². The summed E-state index contributed by atoms with van der Waals surface area (Å²) in [5, 5.41) is 9.67. The molecule has 0 radical (unpaired) electrons. The molecule has 0 aromatic carbocycles. The molecule has 0 aliphatic rings. The van der Waals surface area contributed by atoms with E-state index >= 15 is 0 Å². The summed E-state index contributed by atoms with van der Waals surface area (Å²) in [6.45, 7) is 3.86. The Balaban J connectivity index is 3.68. The number of ether oxygens (including phenoxy) is 2. The number of carbonyl (C=O) groups excluding carboxylic acids is 2. The van der Waals surface area contributed by atoms with E-state index < -0.39 is 6.10 Å². The lowest BCUT2D eigenvalue weighted by Crippen LogP contribution is -2.28. The van der Waals surface area contributed by atoms with Gasteiger partial charge in [-0.2, -0.15) is 0 Å². The lowest BCUT2D eigenvalue weighted by molar-refractivity contribution is -0.161. The van der Waals surface area contributed by atoms with E-state index in [1.54, 1.807) is 0 Å². The summed E-state index contributed by atoms with van der Waals surface area (Å²) in [6, 6.07) is 0. The standard InChI is InChI=1S/C71H108O5/c1-3-5-7-9-11-13-15-17-19-21-23-25-27-29-31-33-35-37-39-41-43-45-47-49-51-53-55-57-59-61-63-65-70(73)75-68-69(67-72)76-71(74)66-64-62-60-58-56-54-52-50-48-46-44-42-40-38-36-34-32-30-28-26-24-22-20-18-16-14-12-10-8-6-4-2/h5-8,11-14,17-20,23-26,29-32,35-38,41-44,48,50,54,56,69,72H,3-4,9-10,15-16,21-22,27-28,33-34,39-40,45-47,49,51-53,55,57-68H2,1-2H3/b7-5-,8-6-,13-11-,14-12-,19-17-,20-18-,25-23-,26-24-,31-29-,32-30-,37-35-,38-36-,43-41-,44-42-,50-48-,56-54-. The van der Waals surface area contributed by atoms with Crippen molar-refractivity contribution in [1.82, 2.24) is 0 Å². The molecule has 1 unspecified atom stereocenters. The van der Waals surface area contributed by atoms with Crippen molar-refractivity contribution in [3.63, 3.8) is 0 Å². The molecular weight excluding hydrogens is 933 g/mol. The van der Waals surface area contributed by atoms with E-state index in [-0.39, 0.29) is 25.2 Å². The number of unbranched alkanes of at least 4 members (excludes halogenated alkanes) is 12. The fourth-order valence-corrected chi connectivity index (χ4v) is 7.47. The van der Waals surface area contributed by atoms with Crippen molar-refractivity contribution in [3.05, 3.63) is 194 Å². The minimum absolute atomic E-state index is 0.0970. The number of rotatable bonds is 52. The van der Waals surface area contributed by atoms with E-state index in [1.165, 1.54) is 38.5 Å². The van der Waals surface area contributed by atoms with Gasteiger partial charge >= 0.3 is 11.9 Å². The van der Waals surface area contributed by atoms with Crippen molar-refractivity contribution >= 4 is 11.9 Å². The minimum atomic E-state index is -0.810. The van der Waals surface area contributed by atoms with Crippen LogP contribution in [0.2, 0.25) is 0 Å². The molecule has 1 N–H and O–H groups in total. The van der Waals surface area contributed by atoms with Gasteiger partial charge in [-0.05, 0) is 141 Å². The number of hydrogen-bond acceptors (Lipinski definition) is 5. The minimum Gasteiger partial charge on any atom is -0.462 e. The molecule has 1 atom stereocenters. The zero-order chi connectivity index (χ0) is 54.8. The summed E-state index contributed by atoms with van der Waals surface area (Å²) in [5.41, 5.74) is 0. The van der Waals surface area contributed by atoms with Crippen molar-refractivity contribution in [1.29, 1.82) is 0 Å². The molecule has 0 aliphatic carbocycles. The quantitative estimate of drug-likeness (QED) is 0.0373. The first kappa shape index (κ1) is 70.7. The maximum atomic E-state index is 12.3. The third-order valence-corrected chi connectivity index (χ3v) is 11.9. The van der Waals surface area contributed by atoms with Crippen molar-refractivity contribution in [2.75, 3.05) is 13.2 Å². The average Bonchev–Trinajstić information content (AvgIpc) is 3.42. The zero-order valence-corrected chi connectivity index (χ0v) is 48.2. The predicted molar refractivity (Wildman–Crippen MR) is 333 cm³/mol. The summed E-state index contributed by atoms with van der Waals surface area (Å²) >= 11 is 0. The highest BCUT2D eigenvalue weighted by molar-refractivity contribution is 5.70. The number of allylic oxidation sites excluding steroid dienone is 32. The van der Waals surface area contributed by atoms with Crippen LogP contribution < -0.4 is 0 Å². The van der Waals surface area contributed by atoms with Crippen molar-refractivity contribution in [3.8, 4) is 0 Å². The van der Waals surface area contributed by atoms with E-state index in [2.05, 4.69) is 208 Å². The lowest BCUT2D eigenvalue weighted by Gasteiger charge is -2.15. The Morgan fingerprint density at radius 3 is 0.803 bits per heavy atom. The first-order valence-corrected chi connectivity index (χ1v) is 30.0. The Morgan fingerprint density at radius 1 is 0.303 bits per heavy atom. The number of carbonyl (C=O) groups is 2. The molecule has 76 heavy (non-hydrogen) atoms. The molecule has 0 fully saturated rings. The molecule has 5 nitrogen and oxygen atoms in total. The van der Waals surface area contributed by atoms with Gasteiger partial charge in [-0.25, -0.2) is 0 Å². The second-order valence-corrected chi connectivity index (χ2v) is 19.0. The third kappa shape index (κ3) is 61.3. The molecule has 0 heterocycles. The summed E-state index contributed by atoms with van der Waals surface area (Å²) in [5.74, 6) is -0.652. The van der Waals surface area contributed by atoms with Gasteiger partial charge in [0.2, 0.25) is 0 Å². The van der Waals surface area contributed by atoms with Crippen LogP contribution in [0.15, 0.2) is 194 Å². The topological polar surface area (TPSA) is 72.8 Å². The van der Waals surface area contributed by atoms with Crippen LogP contribution in [-0.4, -0.2) is 36.4 Å². The van der Waals surface area contributed by atoms with Gasteiger partial charge in [0.25, 0.3) is 0 Å². The van der Waals surface area contributed by atoms with Gasteiger partial charge in [-0.15, -0.1) is 0 Å². The number of esters is 2. The van der Waals surface area contributed by atoms with Crippen LogP contribution in [0, 0.1) is 0 Å². The van der Waals surface area contributed by atoms with Crippen LogP contribution in [0.4, 0.5) is 0 Å². The summed E-state index contributed by atoms with van der Waals surface area (Å²) in [6.07, 6.45) is 103. The van der Waals surface area contributed by atoms with Crippen LogP contribution >= 0.6 is 0 Å². The van der Waals surface area contributed by atoms with Crippen LogP contribution in [-0.2, 0) is 19.1 Å². The molecule has 422 valence electrons. The Bertz CT molecular complexity index is 1800. The SMILES string of the molecule is CC/C=C\C/C=C\C/C=C\C/C=C\C/C=C\C/C=C\C/C=C\C/C=C\C/C=C\CCCCCC(=O)OC(CO)COC(=O)CCCCCCCCCCC/C=C\C/C=C\C/C=C\C/C=C\C/C=C\C/C=C\C/C=C\CC. The van der Waals surface area contributed by atoms with Gasteiger partial charge in [-0.3, -0.25) is 9.59 Å². The highest BCUT2D eigenvalue weighted by atomic mass is 16.6. The number of hydrogen-bond donors (Lipinski definition) is 1. The van der Waals surface area contributed by atoms with E-state index in [0.717, 1.165) is 154 Å². The van der Waals surface area contributed by atoms with Gasteiger partial charge in [0.1, 0.15) is 6.61 Å². The first-order chi connectivity index (χ1) is 37.6. The summed E-state index contributed by atoms with van der Waals surface area (Å²) in [7, 11) is 0. The van der Waals surface area contributed by atoms with Crippen LogP contribution in [0.1, 0.15) is 219 Å². The highest BCUT2D eigenvalue weighted by Gasteiger charge is 2.16. The molecule has 0 bridgehead atoms. The molecule has 0 spiro atoms. The smallest absolute Gasteiger partial charge is 0.306 e. The van der Waals surface area contributed by atoms with Crippen molar-refractivity contribution < 1.29 is 24.2 Å². The second kappa shape index (κ2) is 64.0. The first-order valence-electron chi connectivity index (χ1n) is 30.0. The van der Waals surface area contributed by atoms with E-state index in [1.807, 2.05) is 0 Å². The molecule has 0 amide bonds. The van der Waals surface area contributed by atoms with Gasteiger partial charge in [0.05, 0.1) is 6.61 Å². The summed E-state index contributed by atoms with van der Waals surface area (Å²) in [4.78, 5) is 24.6. The Kier molecular flexibility index (Phi) is 59.6. The fraction of sp³-hybridized carbons (Fsp3) is 0.521. The van der Waals surface area contributed by atoms with Gasteiger partial charge < -0.3 is 14.6 Å². The number of aliphatic hydroxyl groups excluding tert-OH is 1. The van der Waals surface area contributed by atoms with Gasteiger partial charge in [0.15, 0.2) is 6.10 Å². The van der Waals surface area contributed by atoms with Crippen LogP contribution in [0.5, 0.6) is 0 Å². The maximum absolute atomic E-state index is 12.3. The molecule has 0 rings (SSSR count). The Morgan fingerprint density at radius 2 is 0.526 bits per heavy atom. The van der Waals surface area contributed by atoms with E-state index in [9.17, 15) is 14.7 Å². The maximum Gasteiger partial charge on any atom is 0.306 e. The molecular formula is C71H108O5. The van der Waals surface area contributed by atoms with E-state index in [0.29, 0.717) is 12.8 Å². The molecule has 5 heteroatoms. The molecule has 0 aromatic rings. The largest absolute Gasteiger partial charge is 0.462 e. The van der Waals surface area contributed by atoms with Crippen LogP contribution in [0.3, 0.4) is 0 Å². The molecule has 0 aromatic heterocycles. The van der Waals surface area contributed by atoms with Crippen molar-refractivity contribution in [2.45, 2.75) is 225 Å². The van der Waals surface area contributed by atoms with Gasteiger partial charge in [0, 0.05) is 12.8 Å². The lowest BCUT2D eigenvalue weighted by atomic mass is 10.1. The van der Waals surface area contributed by atoms with Gasteiger partial charge in [-0.1, -0.05) is 260 Å².